The van der Waals surface area contributed by atoms with Gasteiger partial charge in [0.05, 0.1) is 16.2 Å². The van der Waals surface area contributed by atoms with Crippen molar-refractivity contribution in [3.63, 3.8) is 0 Å². The molecule has 1 aliphatic rings. The maximum absolute atomic E-state index is 13.0. The normalized spacial score (nSPS) is 23.0. The molecule has 4 nitrogen and oxygen atoms in total. The van der Waals surface area contributed by atoms with Crippen LogP contribution in [0.2, 0.25) is 5.02 Å². The molecule has 26 heavy (non-hydrogen) atoms. The molecule has 1 saturated heterocycles. The molecule has 8 heteroatoms. The third-order valence-corrected chi connectivity index (χ3v) is 7.31. The average Bonchev–Trinajstić information content (AvgIpc) is 3.33. The Morgan fingerprint density at radius 2 is 2.04 bits per heavy atom. The van der Waals surface area contributed by atoms with Crippen molar-refractivity contribution in [1.82, 2.24) is 10.3 Å². The van der Waals surface area contributed by atoms with Gasteiger partial charge in [0.15, 0.2) is 5.78 Å². The summed E-state index contributed by atoms with van der Waals surface area (Å²) in [5.41, 5.74) is 2.40. The number of aromatic nitrogens is 1. The summed E-state index contributed by atoms with van der Waals surface area (Å²) in [6, 6.07) is 9.15. The molecule has 0 aliphatic carbocycles. The molecule has 3 aromatic rings. The highest BCUT2D eigenvalue weighted by Gasteiger charge is 2.48. The Kier molecular flexibility index (Phi) is 4.88. The molecule has 2 unspecified atom stereocenters. The highest BCUT2D eigenvalue weighted by Crippen LogP contribution is 2.41. The van der Waals surface area contributed by atoms with Crippen LogP contribution in [0.25, 0.3) is 0 Å². The molecule has 2 aromatic heterocycles. The van der Waals surface area contributed by atoms with Gasteiger partial charge in [-0.1, -0.05) is 23.7 Å². The number of hydrogen-bond acceptors (Lipinski definition) is 6. The highest BCUT2D eigenvalue weighted by atomic mass is 35.5. The molecular weight excluding hydrogens is 408 g/mol. The number of thioether (sulfide) groups is 1. The molecular formula is C18H13ClN2O2S3. The fourth-order valence-corrected chi connectivity index (χ4v) is 5.61. The number of hydrogen-bond donors (Lipinski definition) is 1. The summed E-state index contributed by atoms with van der Waals surface area (Å²) in [5, 5.41) is 8.57. The second-order valence-electron chi connectivity index (χ2n) is 5.85. The minimum atomic E-state index is -0.897. The Labute approximate surface area is 167 Å². The Balaban J connectivity index is 1.68. The first kappa shape index (κ1) is 17.7. The number of Topliss-reactive ketones (excluding diaryl/α,β-unsaturated/α-hetero) is 1. The number of carbonyl (C=O) groups is 2. The minimum absolute atomic E-state index is 0.127. The lowest BCUT2D eigenvalue weighted by atomic mass is 9.80. The summed E-state index contributed by atoms with van der Waals surface area (Å²) in [4.78, 5) is 31.0. The van der Waals surface area contributed by atoms with Gasteiger partial charge in [0, 0.05) is 16.7 Å². The predicted molar refractivity (Wildman–Crippen MR) is 106 cm³/mol. The van der Waals surface area contributed by atoms with Crippen LogP contribution in [-0.2, 0) is 15.1 Å². The lowest BCUT2D eigenvalue weighted by Gasteiger charge is -2.38. The third-order valence-electron chi connectivity index (χ3n) is 4.27. The smallest absolute Gasteiger partial charge is 0.242 e. The van der Waals surface area contributed by atoms with Crippen molar-refractivity contribution in [3.05, 3.63) is 68.3 Å². The Bertz CT molecular complexity index is 887. The number of nitrogens with one attached hydrogen (secondary N) is 1. The van der Waals surface area contributed by atoms with Gasteiger partial charge < -0.3 is 5.32 Å². The number of thiazole rings is 1. The van der Waals surface area contributed by atoms with Crippen LogP contribution >= 0.6 is 46.0 Å². The number of halogens is 1. The van der Waals surface area contributed by atoms with E-state index in [1.807, 2.05) is 40.4 Å². The second kappa shape index (κ2) is 7.15. The van der Waals surface area contributed by atoms with Crippen molar-refractivity contribution in [2.24, 2.45) is 0 Å². The molecule has 0 bridgehead atoms. The molecule has 132 valence electrons. The number of benzene rings is 1. The Hall–Kier alpha value is -1.67. The third kappa shape index (κ3) is 3.09. The van der Waals surface area contributed by atoms with E-state index in [1.165, 1.54) is 34.4 Å². The van der Waals surface area contributed by atoms with Crippen LogP contribution in [-0.4, -0.2) is 21.9 Å². The first-order chi connectivity index (χ1) is 12.6. The van der Waals surface area contributed by atoms with E-state index in [0.717, 1.165) is 10.5 Å². The fraction of sp³-hybridized carbons (Fsp3) is 0.167. The van der Waals surface area contributed by atoms with E-state index in [9.17, 15) is 9.59 Å². The van der Waals surface area contributed by atoms with Gasteiger partial charge >= 0.3 is 0 Å². The van der Waals surface area contributed by atoms with Gasteiger partial charge in [-0.05, 0) is 34.5 Å². The van der Waals surface area contributed by atoms with Gasteiger partial charge in [-0.15, -0.1) is 23.1 Å². The van der Waals surface area contributed by atoms with Crippen molar-refractivity contribution < 1.29 is 9.59 Å². The van der Waals surface area contributed by atoms with E-state index in [1.54, 1.807) is 11.6 Å². The number of carbonyl (C=O) groups excluding carboxylic acids is 2. The fourth-order valence-electron chi connectivity index (χ4n) is 3.01. The maximum Gasteiger partial charge on any atom is 0.242 e. The first-order valence-corrected chi connectivity index (χ1v) is 10.9. The van der Waals surface area contributed by atoms with Gasteiger partial charge in [0.2, 0.25) is 5.91 Å². The van der Waals surface area contributed by atoms with E-state index in [4.69, 9.17) is 11.6 Å². The quantitative estimate of drug-likeness (QED) is 0.637. The molecule has 1 amide bonds. The predicted octanol–water partition coefficient (Wildman–Crippen LogP) is 4.35. The summed E-state index contributed by atoms with van der Waals surface area (Å²) >= 11 is 10.4. The summed E-state index contributed by atoms with van der Waals surface area (Å²) in [6.45, 7) is 0. The van der Waals surface area contributed by atoms with Gasteiger partial charge in [-0.2, -0.15) is 11.3 Å². The van der Waals surface area contributed by atoms with Crippen LogP contribution < -0.4 is 5.32 Å². The Morgan fingerprint density at radius 1 is 1.19 bits per heavy atom. The minimum Gasteiger partial charge on any atom is -0.339 e. The summed E-state index contributed by atoms with van der Waals surface area (Å²) in [5.74, 6) is -0.441. The van der Waals surface area contributed by atoms with Gasteiger partial charge in [-0.3, -0.25) is 9.59 Å². The van der Waals surface area contributed by atoms with E-state index in [-0.39, 0.29) is 18.1 Å². The second-order valence-corrected chi connectivity index (χ2v) is 8.90. The zero-order chi connectivity index (χ0) is 18.1. The lowest BCUT2D eigenvalue weighted by Crippen LogP contribution is -2.58. The molecule has 2 atom stereocenters. The maximum atomic E-state index is 13.0. The number of ketones is 1. The lowest BCUT2D eigenvalue weighted by molar-refractivity contribution is -0.133. The van der Waals surface area contributed by atoms with E-state index < -0.39 is 10.8 Å². The number of rotatable bonds is 4. The van der Waals surface area contributed by atoms with Crippen molar-refractivity contribution in [3.8, 4) is 0 Å². The van der Waals surface area contributed by atoms with E-state index >= 15 is 0 Å². The molecule has 3 heterocycles. The van der Waals surface area contributed by atoms with Crippen LogP contribution in [0.4, 0.5) is 0 Å². The van der Waals surface area contributed by atoms with Crippen LogP contribution in [0.15, 0.2) is 56.9 Å². The number of nitrogens with zero attached hydrogens (tertiary/aromatic N) is 1. The summed E-state index contributed by atoms with van der Waals surface area (Å²) in [7, 11) is 0. The Morgan fingerprint density at radius 3 is 2.69 bits per heavy atom. The SMILES string of the molecule is O=C1CC(c2ccsc2)(c2cscn2)NC(=O)C1Sc1ccccc1Cl. The molecule has 4 rings (SSSR count). The standard InChI is InChI=1S/C18H13ClN2O2S3/c19-12-3-1-2-4-14(12)26-16-13(22)7-18(21-17(16)23,11-5-6-24-8-11)15-9-25-10-20-15/h1-6,8-10,16H,7H2,(H,21,23). The molecule has 1 aliphatic heterocycles. The molecule has 0 saturated carbocycles. The average molecular weight is 421 g/mol. The van der Waals surface area contributed by atoms with E-state index in [2.05, 4.69) is 10.3 Å². The number of amides is 1. The van der Waals surface area contributed by atoms with Gasteiger partial charge in [0.1, 0.15) is 10.8 Å². The largest absolute Gasteiger partial charge is 0.339 e. The topological polar surface area (TPSA) is 59.1 Å². The summed E-state index contributed by atoms with van der Waals surface area (Å²) in [6.07, 6.45) is 0.168. The molecule has 0 radical (unpaired) electrons. The van der Waals surface area contributed by atoms with Crippen molar-refractivity contribution in [2.45, 2.75) is 22.1 Å². The molecule has 1 fully saturated rings. The van der Waals surface area contributed by atoms with Crippen LogP contribution in [0.1, 0.15) is 17.7 Å². The van der Waals surface area contributed by atoms with Crippen molar-refractivity contribution >= 4 is 57.7 Å². The molecule has 0 spiro atoms. The summed E-state index contributed by atoms with van der Waals surface area (Å²) < 4.78 is 0. The first-order valence-electron chi connectivity index (χ1n) is 7.77. The highest BCUT2D eigenvalue weighted by molar-refractivity contribution is 8.01. The van der Waals surface area contributed by atoms with Crippen LogP contribution in [0.3, 0.4) is 0 Å². The van der Waals surface area contributed by atoms with Crippen LogP contribution in [0, 0.1) is 0 Å². The zero-order valence-corrected chi connectivity index (χ0v) is 16.6. The van der Waals surface area contributed by atoms with Crippen molar-refractivity contribution in [2.75, 3.05) is 0 Å². The molecule has 1 N–H and O–H groups in total. The van der Waals surface area contributed by atoms with Gasteiger partial charge in [-0.25, -0.2) is 4.98 Å². The zero-order valence-electron chi connectivity index (χ0n) is 13.3. The van der Waals surface area contributed by atoms with Gasteiger partial charge in [0.25, 0.3) is 0 Å². The van der Waals surface area contributed by atoms with E-state index in [0.29, 0.717) is 10.7 Å². The monoisotopic (exact) mass is 420 g/mol. The number of piperidine rings is 1. The van der Waals surface area contributed by atoms with Crippen LogP contribution in [0.5, 0.6) is 0 Å². The molecule has 1 aromatic carbocycles. The van der Waals surface area contributed by atoms with Crippen molar-refractivity contribution in [1.29, 1.82) is 0 Å². The number of thiophene rings is 1.